The summed E-state index contributed by atoms with van der Waals surface area (Å²) in [5.41, 5.74) is 3.65. The molecule has 0 bridgehead atoms. The van der Waals surface area contributed by atoms with E-state index in [-0.39, 0.29) is 18.1 Å². The minimum absolute atomic E-state index is 0. The smallest absolute Gasteiger partial charge is 0.283 e. The van der Waals surface area contributed by atoms with Crippen LogP contribution in [0.3, 0.4) is 0 Å². The van der Waals surface area contributed by atoms with Crippen LogP contribution in [-0.2, 0) is 0 Å². The second-order valence-electron chi connectivity index (χ2n) is 3.57. The molecule has 0 atom stereocenters. The molecule has 0 aliphatic carbocycles. The molecule has 3 rings (SSSR count). The number of pyridine rings is 1. The van der Waals surface area contributed by atoms with E-state index in [0.717, 1.165) is 11.3 Å². The van der Waals surface area contributed by atoms with Crippen molar-refractivity contribution in [3.05, 3.63) is 36.3 Å². The Kier molecular flexibility index (Phi) is 3.45. The highest BCUT2D eigenvalue weighted by atomic mass is 35.5. The molecular formula is C10H10ClN7O. The topological polar surface area (TPSA) is 115 Å². The third-order valence-corrected chi connectivity index (χ3v) is 2.50. The number of H-pyrrole nitrogens is 1. The van der Waals surface area contributed by atoms with Crippen molar-refractivity contribution in [1.29, 1.82) is 0 Å². The van der Waals surface area contributed by atoms with Gasteiger partial charge in [-0.3, -0.25) is 15.3 Å². The molecule has 3 aromatic rings. The van der Waals surface area contributed by atoms with Crippen molar-refractivity contribution in [2.45, 2.75) is 0 Å². The fourth-order valence-corrected chi connectivity index (χ4v) is 1.68. The summed E-state index contributed by atoms with van der Waals surface area (Å²) in [6.07, 6.45) is 3.20. The Morgan fingerprint density at radius 3 is 2.89 bits per heavy atom. The minimum atomic E-state index is -0.439. The van der Waals surface area contributed by atoms with Crippen LogP contribution in [0.15, 0.2) is 30.6 Å². The van der Waals surface area contributed by atoms with Crippen molar-refractivity contribution in [1.82, 2.24) is 30.4 Å². The molecule has 0 aliphatic rings. The van der Waals surface area contributed by atoms with Crippen molar-refractivity contribution in [3.8, 4) is 5.82 Å². The zero-order chi connectivity index (χ0) is 12.5. The van der Waals surface area contributed by atoms with Crippen LogP contribution in [0.2, 0.25) is 0 Å². The fraction of sp³-hybridized carbons (Fsp3) is 0. The van der Waals surface area contributed by atoms with Gasteiger partial charge in [0.2, 0.25) is 0 Å². The van der Waals surface area contributed by atoms with E-state index < -0.39 is 5.91 Å². The average Bonchev–Trinajstić information content (AvgIpc) is 3.05. The molecule has 1 amide bonds. The van der Waals surface area contributed by atoms with E-state index in [1.165, 1.54) is 0 Å². The molecule has 19 heavy (non-hydrogen) atoms. The summed E-state index contributed by atoms with van der Waals surface area (Å²) in [4.78, 5) is 15.5. The molecule has 0 spiro atoms. The number of hydrogen-bond acceptors (Lipinski definition) is 5. The van der Waals surface area contributed by atoms with E-state index in [1.807, 2.05) is 5.43 Å². The third kappa shape index (κ3) is 2.14. The second-order valence-corrected chi connectivity index (χ2v) is 3.57. The van der Waals surface area contributed by atoms with Gasteiger partial charge in [0, 0.05) is 6.07 Å². The number of amides is 1. The first-order valence-electron chi connectivity index (χ1n) is 5.15. The Balaban J connectivity index is 0.00000133. The van der Waals surface area contributed by atoms with Crippen LogP contribution in [0.25, 0.3) is 16.9 Å². The van der Waals surface area contributed by atoms with Gasteiger partial charge in [-0.05, 0) is 12.1 Å². The first-order valence-corrected chi connectivity index (χ1v) is 5.15. The largest absolute Gasteiger partial charge is 0.289 e. The van der Waals surface area contributed by atoms with Crippen LogP contribution in [0.4, 0.5) is 0 Å². The molecule has 3 aromatic heterocycles. The summed E-state index contributed by atoms with van der Waals surface area (Å²) in [5.74, 6) is 5.34. The van der Waals surface area contributed by atoms with Crippen molar-refractivity contribution >= 4 is 29.3 Å². The number of rotatable bonds is 2. The summed E-state index contributed by atoms with van der Waals surface area (Å²) >= 11 is 0. The lowest BCUT2D eigenvalue weighted by atomic mass is 10.3. The molecule has 3 heterocycles. The highest BCUT2D eigenvalue weighted by Crippen LogP contribution is 2.15. The molecule has 0 radical (unpaired) electrons. The highest BCUT2D eigenvalue weighted by Gasteiger charge is 2.10. The van der Waals surface area contributed by atoms with Crippen LogP contribution >= 0.6 is 12.4 Å². The zero-order valence-corrected chi connectivity index (χ0v) is 10.4. The molecule has 0 aliphatic heterocycles. The maximum atomic E-state index is 11.4. The lowest BCUT2D eigenvalue weighted by molar-refractivity contribution is 0.0949. The molecule has 0 saturated carbocycles. The Labute approximate surface area is 113 Å². The molecule has 8 nitrogen and oxygen atoms in total. The number of nitrogens with zero attached hydrogens (tertiary/aromatic N) is 4. The molecular weight excluding hydrogens is 270 g/mol. The van der Waals surface area contributed by atoms with Gasteiger partial charge in [0.25, 0.3) is 5.91 Å². The number of halogens is 1. The van der Waals surface area contributed by atoms with E-state index in [0.29, 0.717) is 5.52 Å². The molecule has 0 saturated heterocycles. The van der Waals surface area contributed by atoms with E-state index >= 15 is 0 Å². The average molecular weight is 280 g/mol. The number of nitrogens with two attached hydrogens (primary N) is 1. The summed E-state index contributed by atoms with van der Waals surface area (Å²) in [6, 6.07) is 5.12. The number of aromatic nitrogens is 5. The van der Waals surface area contributed by atoms with Gasteiger partial charge in [0.05, 0.1) is 17.9 Å². The van der Waals surface area contributed by atoms with E-state index in [4.69, 9.17) is 5.84 Å². The standard InChI is InChI=1S/C10H9N7O.ClH/c11-15-10(18)6-1-2-8-7(14-6)5-13-17(8)9-3-4-12-16-9;/h1-5H,11H2,(H,12,16)(H,15,18);1H. The highest BCUT2D eigenvalue weighted by molar-refractivity contribution is 5.94. The summed E-state index contributed by atoms with van der Waals surface area (Å²) in [6.45, 7) is 0. The predicted octanol–water partition coefficient (Wildman–Crippen LogP) is 0.169. The number of nitrogen functional groups attached to an aromatic ring is 1. The van der Waals surface area contributed by atoms with E-state index in [1.54, 1.807) is 35.3 Å². The molecule has 4 N–H and O–H groups in total. The van der Waals surface area contributed by atoms with Gasteiger partial charge in [-0.25, -0.2) is 15.5 Å². The molecule has 0 unspecified atom stereocenters. The quantitative estimate of drug-likeness (QED) is 0.351. The van der Waals surface area contributed by atoms with Crippen molar-refractivity contribution < 1.29 is 4.79 Å². The number of carbonyl (C=O) groups is 1. The van der Waals surface area contributed by atoms with Gasteiger partial charge in [0.15, 0.2) is 0 Å². The fourth-order valence-electron chi connectivity index (χ4n) is 1.68. The summed E-state index contributed by atoms with van der Waals surface area (Å²) in [7, 11) is 0. The van der Waals surface area contributed by atoms with Gasteiger partial charge in [-0.15, -0.1) is 12.4 Å². The minimum Gasteiger partial charge on any atom is -0.289 e. The molecule has 98 valence electrons. The Hall–Kier alpha value is -2.45. The number of fused-ring (bicyclic) bond motifs is 1. The van der Waals surface area contributed by atoms with Gasteiger partial charge in [0.1, 0.15) is 17.0 Å². The van der Waals surface area contributed by atoms with Crippen LogP contribution in [0.5, 0.6) is 0 Å². The SMILES string of the molecule is Cl.NNC(=O)c1ccc2c(cnn2-c2ccn[nH]2)n1. The van der Waals surface area contributed by atoms with E-state index in [2.05, 4.69) is 20.3 Å². The van der Waals surface area contributed by atoms with Crippen LogP contribution in [-0.4, -0.2) is 30.9 Å². The lowest BCUT2D eigenvalue weighted by Gasteiger charge is -2.00. The van der Waals surface area contributed by atoms with Gasteiger partial charge < -0.3 is 0 Å². The number of carbonyl (C=O) groups excluding carboxylic acids is 1. The molecule has 9 heteroatoms. The van der Waals surface area contributed by atoms with Crippen molar-refractivity contribution in [2.24, 2.45) is 5.84 Å². The van der Waals surface area contributed by atoms with Crippen molar-refractivity contribution in [3.63, 3.8) is 0 Å². The second kappa shape index (κ2) is 5.04. The van der Waals surface area contributed by atoms with E-state index in [9.17, 15) is 4.79 Å². The summed E-state index contributed by atoms with van der Waals surface area (Å²) < 4.78 is 1.65. The maximum absolute atomic E-state index is 11.4. The van der Waals surface area contributed by atoms with Gasteiger partial charge in [-0.2, -0.15) is 10.2 Å². The monoisotopic (exact) mass is 279 g/mol. The Morgan fingerprint density at radius 1 is 1.37 bits per heavy atom. The molecule has 0 aromatic carbocycles. The van der Waals surface area contributed by atoms with Crippen LogP contribution in [0.1, 0.15) is 10.5 Å². The molecule has 0 fully saturated rings. The first kappa shape index (κ1) is 13.0. The zero-order valence-electron chi connectivity index (χ0n) is 9.57. The van der Waals surface area contributed by atoms with Crippen LogP contribution in [0, 0.1) is 0 Å². The van der Waals surface area contributed by atoms with Gasteiger partial charge in [-0.1, -0.05) is 0 Å². The van der Waals surface area contributed by atoms with Crippen LogP contribution < -0.4 is 11.3 Å². The Bertz CT molecular complexity index is 706. The lowest BCUT2D eigenvalue weighted by Crippen LogP contribution is -2.30. The maximum Gasteiger partial charge on any atom is 0.283 e. The first-order chi connectivity index (χ1) is 8.79. The van der Waals surface area contributed by atoms with Crippen molar-refractivity contribution in [2.75, 3.05) is 0 Å². The third-order valence-electron chi connectivity index (χ3n) is 2.50. The number of hydrogen-bond donors (Lipinski definition) is 3. The van der Waals surface area contributed by atoms with Gasteiger partial charge >= 0.3 is 0 Å². The Morgan fingerprint density at radius 2 is 2.21 bits per heavy atom. The summed E-state index contributed by atoms with van der Waals surface area (Å²) in [5, 5.41) is 10.8. The normalized spacial score (nSPS) is 10.2. The number of hydrazine groups is 1. The number of nitrogens with one attached hydrogen (secondary N) is 2. The predicted molar refractivity (Wildman–Crippen MR) is 69.9 cm³/mol. The number of aromatic amines is 1.